The van der Waals surface area contributed by atoms with E-state index in [-0.39, 0.29) is 23.8 Å². The fourth-order valence-corrected chi connectivity index (χ4v) is 2.89. The SMILES string of the molecule is CC(C)[C@H](NC(=O)c1ccc(C#C/C=C/C=O)cc1)C(=O)NOC1CCCC1. The fourth-order valence-electron chi connectivity index (χ4n) is 2.89. The Morgan fingerprint density at radius 3 is 2.46 bits per heavy atom. The quantitative estimate of drug-likeness (QED) is 0.328. The second-order valence-corrected chi connectivity index (χ2v) is 7.03. The maximum absolute atomic E-state index is 12.5. The van der Waals surface area contributed by atoms with Gasteiger partial charge in [-0.2, -0.15) is 0 Å². The monoisotopic (exact) mass is 382 g/mol. The Hall–Kier alpha value is -2.91. The average molecular weight is 382 g/mol. The van der Waals surface area contributed by atoms with Crippen LogP contribution in [0, 0.1) is 17.8 Å². The van der Waals surface area contributed by atoms with Crippen LogP contribution in [-0.4, -0.2) is 30.2 Å². The van der Waals surface area contributed by atoms with E-state index in [1.807, 2.05) is 13.8 Å². The van der Waals surface area contributed by atoms with Crippen molar-refractivity contribution in [1.29, 1.82) is 0 Å². The molecule has 0 aromatic heterocycles. The molecule has 148 valence electrons. The number of carbonyl (C=O) groups excluding carboxylic acids is 3. The highest BCUT2D eigenvalue weighted by molar-refractivity contribution is 5.97. The minimum absolute atomic E-state index is 0.0579. The molecule has 2 N–H and O–H groups in total. The van der Waals surface area contributed by atoms with E-state index in [2.05, 4.69) is 22.6 Å². The highest BCUT2D eigenvalue weighted by Gasteiger charge is 2.26. The number of hydroxylamine groups is 1. The van der Waals surface area contributed by atoms with Crippen molar-refractivity contribution in [1.82, 2.24) is 10.8 Å². The Bertz CT molecular complexity index is 766. The van der Waals surface area contributed by atoms with Crippen molar-refractivity contribution < 1.29 is 19.2 Å². The van der Waals surface area contributed by atoms with Crippen molar-refractivity contribution in [2.24, 2.45) is 5.92 Å². The maximum Gasteiger partial charge on any atom is 0.266 e. The molecule has 1 aromatic rings. The van der Waals surface area contributed by atoms with E-state index in [1.54, 1.807) is 24.3 Å². The molecule has 1 saturated carbocycles. The molecule has 28 heavy (non-hydrogen) atoms. The third-order valence-electron chi connectivity index (χ3n) is 4.49. The first-order valence-corrected chi connectivity index (χ1v) is 9.49. The number of nitrogens with one attached hydrogen (secondary N) is 2. The molecule has 0 unspecified atom stereocenters. The highest BCUT2D eigenvalue weighted by Crippen LogP contribution is 2.20. The van der Waals surface area contributed by atoms with Crippen LogP contribution in [0.3, 0.4) is 0 Å². The first-order valence-electron chi connectivity index (χ1n) is 9.49. The van der Waals surface area contributed by atoms with E-state index >= 15 is 0 Å². The summed E-state index contributed by atoms with van der Waals surface area (Å²) >= 11 is 0. The standard InChI is InChI=1S/C22H26N2O4/c1-16(2)20(22(27)24-28-19-9-5-6-10-19)23-21(26)18-13-11-17(12-14-18)8-4-3-7-15-25/h3,7,11-16,19-20H,5-6,9-10H2,1-2H3,(H,23,26)(H,24,27)/b7-3+/t20-/m0/s1. The van der Waals surface area contributed by atoms with Crippen molar-refractivity contribution >= 4 is 18.1 Å². The topological polar surface area (TPSA) is 84.5 Å². The molecule has 0 aliphatic heterocycles. The van der Waals surface area contributed by atoms with Gasteiger partial charge in [-0.25, -0.2) is 5.48 Å². The van der Waals surface area contributed by atoms with Crippen LogP contribution in [0.5, 0.6) is 0 Å². The lowest BCUT2D eigenvalue weighted by Gasteiger charge is -2.22. The molecule has 1 aliphatic rings. The molecule has 1 aromatic carbocycles. The smallest absolute Gasteiger partial charge is 0.266 e. The number of rotatable bonds is 7. The normalized spacial score (nSPS) is 15.1. The molecule has 6 heteroatoms. The van der Waals surface area contributed by atoms with Crippen LogP contribution in [0.4, 0.5) is 0 Å². The van der Waals surface area contributed by atoms with Gasteiger partial charge in [0.1, 0.15) is 12.3 Å². The number of hydrogen-bond acceptors (Lipinski definition) is 4. The number of carbonyl (C=O) groups is 3. The molecule has 0 spiro atoms. The van der Waals surface area contributed by atoms with Crippen LogP contribution >= 0.6 is 0 Å². The highest BCUT2D eigenvalue weighted by atomic mass is 16.7. The van der Waals surface area contributed by atoms with E-state index in [9.17, 15) is 14.4 Å². The summed E-state index contributed by atoms with van der Waals surface area (Å²) in [5.41, 5.74) is 3.65. The van der Waals surface area contributed by atoms with Crippen LogP contribution in [0.15, 0.2) is 36.4 Å². The zero-order valence-corrected chi connectivity index (χ0v) is 16.2. The van der Waals surface area contributed by atoms with E-state index < -0.39 is 6.04 Å². The molecule has 0 heterocycles. The van der Waals surface area contributed by atoms with Crippen LogP contribution in [-0.2, 0) is 14.4 Å². The lowest BCUT2D eigenvalue weighted by Crippen LogP contribution is -2.50. The summed E-state index contributed by atoms with van der Waals surface area (Å²) in [4.78, 5) is 40.6. The summed E-state index contributed by atoms with van der Waals surface area (Å²) in [6.07, 6.45) is 7.58. The number of aldehydes is 1. The van der Waals surface area contributed by atoms with Gasteiger partial charge in [-0.05, 0) is 55.2 Å². The third-order valence-corrected chi connectivity index (χ3v) is 4.49. The second-order valence-electron chi connectivity index (χ2n) is 7.03. The number of benzene rings is 1. The maximum atomic E-state index is 12.5. The van der Waals surface area contributed by atoms with Crippen molar-refractivity contribution in [3.05, 3.63) is 47.5 Å². The van der Waals surface area contributed by atoms with Gasteiger partial charge in [0, 0.05) is 11.1 Å². The van der Waals surface area contributed by atoms with Crippen molar-refractivity contribution in [3.8, 4) is 11.8 Å². The zero-order valence-electron chi connectivity index (χ0n) is 16.2. The van der Waals surface area contributed by atoms with Gasteiger partial charge in [0.15, 0.2) is 0 Å². The molecule has 1 fully saturated rings. The fraction of sp³-hybridized carbons (Fsp3) is 0.409. The first kappa shape index (κ1) is 21.4. The zero-order chi connectivity index (χ0) is 20.4. The molecule has 0 radical (unpaired) electrons. The largest absolute Gasteiger partial charge is 0.340 e. The molecule has 6 nitrogen and oxygen atoms in total. The van der Waals surface area contributed by atoms with Gasteiger partial charge in [0.05, 0.1) is 6.10 Å². The molecule has 2 rings (SSSR count). The molecule has 1 atom stereocenters. The minimum atomic E-state index is -0.693. The molecule has 0 bridgehead atoms. The van der Waals surface area contributed by atoms with Gasteiger partial charge < -0.3 is 5.32 Å². The van der Waals surface area contributed by atoms with Crippen molar-refractivity contribution in [2.75, 3.05) is 0 Å². The van der Waals surface area contributed by atoms with Crippen LogP contribution in [0.1, 0.15) is 55.5 Å². The predicted molar refractivity (Wildman–Crippen MR) is 106 cm³/mol. The minimum Gasteiger partial charge on any atom is -0.340 e. The summed E-state index contributed by atoms with van der Waals surface area (Å²) in [6.45, 7) is 3.73. The van der Waals surface area contributed by atoms with Gasteiger partial charge in [-0.1, -0.05) is 38.5 Å². The summed E-state index contributed by atoms with van der Waals surface area (Å²) in [7, 11) is 0. The molecular weight excluding hydrogens is 356 g/mol. The summed E-state index contributed by atoms with van der Waals surface area (Å²) in [6, 6.07) is 6.02. The van der Waals surface area contributed by atoms with Crippen LogP contribution < -0.4 is 10.8 Å². The molecule has 2 amide bonds. The second kappa shape index (κ2) is 11.1. The lowest BCUT2D eigenvalue weighted by atomic mass is 10.0. The van der Waals surface area contributed by atoms with Gasteiger partial charge in [-0.3, -0.25) is 19.2 Å². The van der Waals surface area contributed by atoms with Crippen molar-refractivity contribution in [2.45, 2.75) is 51.7 Å². The van der Waals surface area contributed by atoms with Gasteiger partial charge >= 0.3 is 0 Å². The lowest BCUT2D eigenvalue weighted by molar-refractivity contribution is -0.141. The van der Waals surface area contributed by atoms with Gasteiger partial charge in [-0.15, -0.1) is 0 Å². The van der Waals surface area contributed by atoms with Gasteiger partial charge in [0.25, 0.3) is 11.8 Å². The average Bonchev–Trinajstić information content (AvgIpc) is 3.21. The Labute approximate surface area is 165 Å². The van der Waals surface area contributed by atoms with E-state index in [4.69, 9.17) is 4.84 Å². The Morgan fingerprint density at radius 2 is 1.86 bits per heavy atom. The van der Waals surface area contributed by atoms with Gasteiger partial charge in [0.2, 0.25) is 0 Å². The Morgan fingerprint density at radius 1 is 1.18 bits per heavy atom. The van der Waals surface area contributed by atoms with Crippen LogP contribution in [0.25, 0.3) is 0 Å². The molecular formula is C22H26N2O4. The first-order chi connectivity index (χ1) is 13.5. The number of hydrogen-bond donors (Lipinski definition) is 2. The number of allylic oxidation sites excluding steroid dienone is 2. The number of amides is 2. The Kier molecular flexibility index (Phi) is 8.44. The molecule has 0 saturated heterocycles. The third kappa shape index (κ3) is 6.67. The summed E-state index contributed by atoms with van der Waals surface area (Å²) in [5, 5.41) is 2.77. The van der Waals surface area contributed by atoms with E-state index in [1.165, 1.54) is 12.2 Å². The Balaban J connectivity index is 1.94. The van der Waals surface area contributed by atoms with E-state index in [0.717, 1.165) is 31.2 Å². The van der Waals surface area contributed by atoms with Crippen molar-refractivity contribution in [3.63, 3.8) is 0 Å². The summed E-state index contributed by atoms with van der Waals surface area (Å²) in [5.74, 6) is 4.80. The summed E-state index contributed by atoms with van der Waals surface area (Å²) < 4.78 is 0. The molecule has 1 aliphatic carbocycles. The van der Waals surface area contributed by atoms with E-state index in [0.29, 0.717) is 11.8 Å². The van der Waals surface area contributed by atoms with Crippen LogP contribution in [0.2, 0.25) is 0 Å². The predicted octanol–water partition coefficient (Wildman–Crippen LogP) is 2.54.